The van der Waals surface area contributed by atoms with Gasteiger partial charge in [0, 0.05) is 12.4 Å². The molecule has 0 spiro atoms. The maximum atomic E-state index is 12.8. The van der Waals surface area contributed by atoms with Crippen LogP contribution in [0.3, 0.4) is 0 Å². The van der Waals surface area contributed by atoms with Gasteiger partial charge < -0.3 is 0 Å². The number of alkyl halides is 3. The summed E-state index contributed by atoms with van der Waals surface area (Å²) in [7, 11) is -3.93. The zero-order valence-electron chi connectivity index (χ0n) is 13.8. The second-order valence-electron chi connectivity index (χ2n) is 5.62. The summed E-state index contributed by atoms with van der Waals surface area (Å²) in [5.41, 5.74) is -0.255. The number of rotatable bonds is 5. The first-order valence-corrected chi connectivity index (χ1v) is 9.26. The molecule has 0 aliphatic heterocycles. The van der Waals surface area contributed by atoms with Gasteiger partial charge in [-0.2, -0.15) is 17.9 Å². The van der Waals surface area contributed by atoms with E-state index in [2.05, 4.69) is 14.7 Å². The van der Waals surface area contributed by atoms with Gasteiger partial charge in [-0.25, -0.2) is 8.42 Å². The van der Waals surface area contributed by atoms with Gasteiger partial charge in [-0.15, -0.1) is 0 Å². The Morgan fingerprint density at radius 2 is 1.59 bits per heavy atom. The number of halogens is 3. The number of benzene rings is 2. The Morgan fingerprint density at radius 1 is 0.926 bits per heavy atom. The minimum absolute atomic E-state index is 0.0331. The first kappa shape index (κ1) is 19.0. The number of hydrogen-bond donors (Lipinski definition) is 1. The zero-order chi connectivity index (χ0) is 19.5. The van der Waals surface area contributed by atoms with Crippen molar-refractivity contribution in [3.8, 4) is 0 Å². The Morgan fingerprint density at radius 3 is 2.15 bits per heavy atom. The molecule has 0 amide bonds. The normalized spacial score (nSPS) is 13.3. The van der Waals surface area contributed by atoms with Crippen molar-refractivity contribution in [3.05, 3.63) is 90.0 Å². The van der Waals surface area contributed by atoms with Crippen LogP contribution in [-0.2, 0) is 16.2 Å². The molecule has 1 aromatic heterocycles. The van der Waals surface area contributed by atoms with Crippen LogP contribution in [-0.4, -0.2) is 18.4 Å². The highest BCUT2D eigenvalue weighted by atomic mass is 32.2. The fourth-order valence-corrected chi connectivity index (χ4v) is 3.66. The van der Waals surface area contributed by atoms with E-state index >= 15 is 0 Å². The van der Waals surface area contributed by atoms with Crippen LogP contribution in [0.2, 0.25) is 0 Å². The maximum Gasteiger partial charge on any atom is 0.416 e. The summed E-state index contributed by atoms with van der Waals surface area (Å²) < 4.78 is 66.2. The molecule has 140 valence electrons. The Balaban J connectivity index is 2.00. The van der Waals surface area contributed by atoms with Crippen LogP contribution in [0, 0.1) is 0 Å². The number of nitrogens with zero attached hydrogens (tertiary/aromatic N) is 2. The average Bonchev–Trinajstić information content (AvgIpc) is 2.67. The summed E-state index contributed by atoms with van der Waals surface area (Å²) in [5.74, 6) is 0. The van der Waals surface area contributed by atoms with Crippen LogP contribution >= 0.6 is 0 Å². The van der Waals surface area contributed by atoms with Crippen molar-refractivity contribution < 1.29 is 21.6 Å². The van der Waals surface area contributed by atoms with Gasteiger partial charge in [-0.05, 0) is 29.8 Å². The van der Waals surface area contributed by atoms with E-state index in [1.54, 1.807) is 18.2 Å². The molecule has 0 radical (unpaired) electrons. The van der Waals surface area contributed by atoms with E-state index in [0.29, 0.717) is 5.56 Å². The highest BCUT2D eigenvalue weighted by Crippen LogP contribution is 2.31. The van der Waals surface area contributed by atoms with Crippen LogP contribution in [0.1, 0.15) is 22.9 Å². The van der Waals surface area contributed by atoms with E-state index in [0.717, 1.165) is 12.1 Å². The second-order valence-corrected chi connectivity index (χ2v) is 7.33. The molecule has 1 N–H and O–H groups in total. The average molecular weight is 393 g/mol. The van der Waals surface area contributed by atoms with Crippen LogP contribution in [0.15, 0.2) is 78.1 Å². The van der Waals surface area contributed by atoms with Gasteiger partial charge in [0.05, 0.1) is 28.4 Å². The summed E-state index contributed by atoms with van der Waals surface area (Å²) in [6.45, 7) is 0. The van der Waals surface area contributed by atoms with Crippen molar-refractivity contribution in [2.75, 3.05) is 0 Å². The van der Waals surface area contributed by atoms with Gasteiger partial charge in [-0.1, -0.05) is 30.3 Å². The SMILES string of the molecule is O=S(=O)(NC(c1ccc(C(F)(F)F)cc1)c1cnccn1)c1ccccc1. The molecule has 1 unspecified atom stereocenters. The highest BCUT2D eigenvalue weighted by Gasteiger charge is 2.31. The predicted octanol–water partition coefficient (Wildman–Crippen LogP) is 3.56. The highest BCUT2D eigenvalue weighted by molar-refractivity contribution is 7.89. The van der Waals surface area contributed by atoms with Gasteiger partial charge >= 0.3 is 6.18 Å². The van der Waals surface area contributed by atoms with Gasteiger partial charge in [0.25, 0.3) is 0 Å². The number of nitrogens with one attached hydrogen (secondary N) is 1. The Labute approximate surface area is 154 Å². The van der Waals surface area contributed by atoms with Gasteiger partial charge in [-0.3, -0.25) is 9.97 Å². The lowest BCUT2D eigenvalue weighted by molar-refractivity contribution is -0.137. The van der Waals surface area contributed by atoms with Crippen LogP contribution in [0.4, 0.5) is 13.2 Å². The molecule has 1 atom stereocenters. The number of sulfonamides is 1. The van der Waals surface area contributed by atoms with Crippen molar-refractivity contribution in [1.29, 1.82) is 0 Å². The summed E-state index contributed by atoms with van der Waals surface area (Å²) in [6.07, 6.45) is -0.331. The Bertz CT molecular complexity index is 994. The molecule has 0 aliphatic carbocycles. The van der Waals surface area contributed by atoms with Crippen LogP contribution in [0.5, 0.6) is 0 Å². The summed E-state index contributed by atoms with van der Waals surface area (Å²) in [4.78, 5) is 8.04. The van der Waals surface area contributed by atoms with Crippen molar-refractivity contribution >= 4 is 10.0 Å². The lowest BCUT2D eigenvalue weighted by Gasteiger charge is -2.19. The lowest BCUT2D eigenvalue weighted by atomic mass is 10.0. The lowest BCUT2D eigenvalue weighted by Crippen LogP contribution is -2.30. The monoisotopic (exact) mass is 393 g/mol. The van der Waals surface area contributed by atoms with E-state index in [-0.39, 0.29) is 10.6 Å². The Kier molecular flexibility index (Phi) is 5.24. The molecule has 3 aromatic rings. The summed E-state index contributed by atoms with van der Waals surface area (Å²) in [5, 5.41) is 0. The maximum absolute atomic E-state index is 12.8. The third-order valence-corrected chi connectivity index (χ3v) is 5.22. The van der Waals surface area contributed by atoms with Crippen molar-refractivity contribution in [2.45, 2.75) is 17.1 Å². The third-order valence-electron chi connectivity index (χ3n) is 3.78. The standard InChI is InChI=1S/C18H14F3N3O2S/c19-18(20,21)14-8-6-13(7-9-14)17(16-12-22-10-11-23-16)24-27(25,26)15-4-2-1-3-5-15/h1-12,17,24H. The van der Waals surface area contributed by atoms with Crippen molar-refractivity contribution in [3.63, 3.8) is 0 Å². The minimum Gasteiger partial charge on any atom is -0.261 e. The molecule has 9 heteroatoms. The van der Waals surface area contributed by atoms with E-state index in [1.165, 1.54) is 42.9 Å². The largest absolute Gasteiger partial charge is 0.416 e. The van der Waals surface area contributed by atoms with E-state index < -0.39 is 27.8 Å². The molecule has 0 aliphatic rings. The zero-order valence-corrected chi connectivity index (χ0v) is 14.6. The fraction of sp³-hybridized carbons (Fsp3) is 0.111. The van der Waals surface area contributed by atoms with Crippen LogP contribution in [0.25, 0.3) is 0 Å². The van der Waals surface area contributed by atoms with Crippen molar-refractivity contribution in [1.82, 2.24) is 14.7 Å². The van der Waals surface area contributed by atoms with Gasteiger partial charge in [0.1, 0.15) is 0 Å². The summed E-state index contributed by atoms with van der Waals surface area (Å²) >= 11 is 0. The molecule has 0 bridgehead atoms. The molecule has 27 heavy (non-hydrogen) atoms. The topological polar surface area (TPSA) is 72.0 Å². The Hall–Kier alpha value is -2.78. The van der Waals surface area contributed by atoms with Gasteiger partial charge in [0.2, 0.25) is 10.0 Å². The molecular weight excluding hydrogens is 379 g/mol. The second kappa shape index (κ2) is 7.45. The smallest absolute Gasteiger partial charge is 0.261 e. The molecule has 3 rings (SSSR count). The molecule has 2 aromatic carbocycles. The minimum atomic E-state index is -4.48. The molecule has 0 saturated heterocycles. The molecule has 1 heterocycles. The van der Waals surface area contributed by atoms with Crippen molar-refractivity contribution in [2.24, 2.45) is 0 Å². The van der Waals surface area contributed by atoms with E-state index in [1.807, 2.05) is 0 Å². The first-order chi connectivity index (χ1) is 12.8. The number of hydrogen-bond acceptors (Lipinski definition) is 4. The quantitative estimate of drug-likeness (QED) is 0.720. The van der Waals surface area contributed by atoms with Gasteiger partial charge in [0.15, 0.2) is 0 Å². The third kappa shape index (κ3) is 4.50. The fourth-order valence-electron chi connectivity index (χ4n) is 2.45. The predicted molar refractivity (Wildman–Crippen MR) is 92.1 cm³/mol. The van der Waals surface area contributed by atoms with E-state index in [4.69, 9.17) is 0 Å². The van der Waals surface area contributed by atoms with E-state index in [9.17, 15) is 21.6 Å². The molecule has 0 fully saturated rings. The first-order valence-electron chi connectivity index (χ1n) is 7.78. The van der Waals surface area contributed by atoms with Crippen LogP contribution < -0.4 is 4.72 Å². The number of aromatic nitrogens is 2. The molecule has 0 saturated carbocycles. The molecule has 5 nitrogen and oxygen atoms in total. The summed E-state index contributed by atoms with van der Waals surface area (Å²) in [6, 6.07) is 10.9. The molecular formula is C18H14F3N3O2S.